The van der Waals surface area contributed by atoms with Gasteiger partial charge < -0.3 is 15.5 Å². The number of aliphatic hydroxyl groups is 1. The highest BCUT2D eigenvalue weighted by molar-refractivity contribution is 9.10. The minimum absolute atomic E-state index is 0.0252. The highest BCUT2D eigenvalue weighted by Crippen LogP contribution is 2.15. The molecule has 7 nitrogen and oxygen atoms in total. The molecule has 0 radical (unpaired) electrons. The van der Waals surface area contributed by atoms with E-state index in [1.54, 1.807) is 24.3 Å². The second-order valence-electron chi connectivity index (χ2n) is 4.08. The summed E-state index contributed by atoms with van der Waals surface area (Å²) in [4.78, 5) is 23.7. The number of nitrogens with one attached hydrogen (secondary N) is 1. The van der Waals surface area contributed by atoms with E-state index in [0.717, 1.165) is 15.2 Å². The van der Waals surface area contributed by atoms with Gasteiger partial charge in [-0.3, -0.25) is 9.59 Å². The molecule has 0 saturated carbocycles. The third-order valence-electron chi connectivity index (χ3n) is 2.60. The van der Waals surface area contributed by atoms with E-state index in [9.17, 15) is 14.7 Å². The van der Waals surface area contributed by atoms with Crippen LogP contribution in [0, 0.1) is 0 Å². The summed E-state index contributed by atoms with van der Waals surface area (Å²) in [5.74, 6) is -1.18. The molecule has 110 valence electrons. The largest absolute Gasteiger partial charge is 0.505 e. The zero-order valence-corrected chi connectivity index (χ0v) is 12.4. The fraction of sp³-hybridized carbons (Fsp3) is 0.154. The second kappa shape index (κ2) is 6.51. The first-order valence-electron chi connectivity index (χ1n) is 6.01. The molecule has 0 atom stereocenters. The molecule has 8 heteroatoms. The van der Waals surface area contributed by atoms with E-state index < -0.39 is 17.2 Å². The molecule has 0 aliphatic carbocycles. The maximum atomic E-state index is 11.9. The summed E-state index contributed by atoms with van der Waals surface area (Å²) in [6, 6.07) is 7.66. The van der Waals surface area contributed by atoms with Gasteiger partial charge in [0.1, 0.15) is 0 Å². The maximum absolute atomic E-state index is 11.9. The molecule has 0 unspecified atom stereocenters. The van der Waals surface area contributed by atoms with Crippen LogP contribution in [0.15, 0.2) is 39.6 Å². The van der Waals surface area contributed by atoms with Gasteiger partial charge in [-0.25, -0.2) is 0 Å². The molecule has 1 amide bonds. The molecule has 1 heterocycles. The summed E-state index contributed by atoms with van der Waals surface area (Å²) in [5, 5.41) is 24.6. The number of rotatable bonds is 4. The molecule has 0 spiro atoms. The predicted molar refractivity (Wildman–Crippen MR) is 78.6 cm³/mol. The van der Waals surface area contributed by atoms with Gasteiger partial charge in [0, 0.05) is 17.1 Å². The molecule has 21 heavy (non-hydrogen) atoms. The van der Waals surface area contributed by atoms with Crippen LogP contribution in [0.1, 0.15) is 10.5 Å². The molecular weight excluding hydrogens is 342 g/mol. The summed E-state index contributed by atoms with van der Waals surface area (Å²) in [5.41, 5.74) is -0.390. The minimum atomic E-state index is -0.674. The van der Waals surface area contributed by atoms with Crippen molar-refractivity contribution >= 4 is 21.8 Å². The van der Waals surface area contributed by atoms with Gasteiger partial charge in [-0.15, -0.1) is 0 Å². The topological polar surface area (TPSA) is 104 Å². The van der Waals surface area contributed by atoms with Gasteiger partial charge in [-0.1, -0.05) is 15.9 Å². The third kappa shape index (κ3) is 3.47. The Labute approximate surface area is 128 Å². The van der Waals surface area contributed by atoms with E-state index >= 15 is 0 Å². The van der Waals surface area contributed by atoms with Gasteiger partial charge in [0.2, 0.25) is 0 Å². The van der Waals surface area contributed by atoms with Crippen molar-refractivity contribution in [1.29, 1.82) is 0 Å². The van der Waals surface area contributed by atoms with Gasteiger partial charge >= 0.3 is 0 Å². The highest BCUT2D eigenvalue weighted by Gasteiger charge is 2.16. The molecule has 2 rings (SSSR count). The first kappa shape index (κ1) is 15.2. The Hall–Kier alpha value is -2.19. The van der Waals surface area contributed by atoms with Crippen molar-refractivity contribution in [2.75, 3.05) is 13.2 Å². The van der Waals surface area contributed by atoms with Crippen molar-refractivity contribution in [3.8, 4) is 11.4 Å². The monoisotopic (exact) mass is 353 g/mol. The minimum Gasteiger partial charge on any atom is -0.505 e. The number of amides is 1. The zero-order valence-electron chi connectivity index (χ0n) is 10.8. The standard InChI is InChI=1S/C13H12BrN3O4/c14-8-1-3-9(4-2-8)17-11(20)7-10(19)12(16-17)13(21)15-5-6-18/h1-4,7,18-19H,5-6H2,(H,15,21). The number of carbonyl (C=O) groups is 1. The van der Waals surface area contributed by atoms with E-state index in [1.165, 1.54) is 0 Å². The molecule has 0 saturated heterocycles. The first-order chi connectivity index (χ1) is 10.0. The van der Waals surface area contributed by atoms with Gasteiger partial charge in [0.15, 0.2) is 11.4 Å². The Kier molecular flexibility index (Phi) is 4.71. The lowest BCUT2D eigenvalue weighted by molar-refractivity contribution is 0.0935. The molecule has 1 aromatic heterocycles. The second-order valence-corrected chi connectivity index (χ2v) is 5.00. The number of benzene rings is 1. The van der Waals surface area contributed by atoms with E-state index in [-0.39, 0.29) is 18.8 Å². The smallest absolute Gasteiger partial charge is 0.275 e. The van der Waals surface area contributed by atoms with Gasteiger partial charge in [-0.05, 0) is 24.3 Å². The SMILES string of the molecule is O=C(NCCO)c1nn(-c2ccc(Br)cc2)c(=O)cc1O. The summed E-state index contributed by atoms with van der Waals surface area (Å²) in [7, 11) is 0. The van der Waals surface area contributed by atoms with Crippen molar-refractivity contribution < 1.29 is 15.0 Å². The van der Waals surface area contributed by atoms with E-state index in [1.807, 2.05) is 0 Å². The van der Waals surface area contributed by atoms with E-state index in [0.29, 0.717) is 5.69 Å². The van der Waals surface area contributed by atoms with Crippen molar-refractivity contribution in [3.63, 3.8) is 0 Å². The number of aliphatic hydroxyl groups excluding tert-OH is 1. The lowest BCUT2D eigenvalue weighted by atomic mass is 10.3. The molecule has 1 aromatic carbocycles. The third-order valence-corrected chi connectivity index (χ3v) is 3.12. The number of halogens is 1. The quantitative estimate of drug-likeness (QED) is 0.738. The number of nitrogens with zero attached hydrogens (tertiary/aromatic N) is 2. The Morgan fingerprint density at radius 3 is 2.62 bits per heavy atom. The number of aromatic hydroxyl groups is 1. The van der Waals surface area contributed by atoms with Crippen LogP contribution < -0.4 is 10.9 Å². The van der Waals surface area contributed by atoms with Crippen LogP contribution in [0.5, 0.6) is 5.75 Å². The average Bonchev–Trinajstić information content (AvgIpc) is 2.46. The Morgan fingerprint density at radius 1 is 1.33 bits per heavy atom. The Bertz CT molecular complexity index is 712. The molecular formula is C13H12BrN3O4. The summed E-state index contributed by atoms with van der Waals surface area (Å²) in [6.07, 6.45) is 0. The Balaban J connectivity index is 2.45. The zero-order chi connectivity index (χ0) is 15.4. The fourth-order valence-corrected chi connectivity index (χ4v) is 1.89. The number of hydrogen-bond donors (Lipinski definition) is 3. The normalized spacial score (nSPS) is 10.4. The lowest BCUT2D eigenvalue weighted by Gasteiger charge is -2.09. The average molecular weight is 354 g/mol. The summed E-state index contributed by atoms with van der Waals surface area (Å²) >= 11 is 3.28. The van der Waals surface area contributed by atoms with Crippen LogP contribution in [-0.4, -0.2) is 39.1 Å². The van der Waals surface area contributed by atoms with Crippen molar-refractivity contribution in [1.82, 2.24) is 15.1 Å². The van der Waals surface area contributed by atoms with Crippen molar-refractivity contribution in [2.45, 2.75) is 0 Å². The fourth-order valence-electron chi connectivity index (χ4n) is 1.63. The van der Waals surface area contributed by atoms with Gasteiger partial charge in [-0.2, -0.15) is 9.78 Å². The van der Waals surface area contributed by atoms with E-state index in [2.05, 4.69) is 26.3 Å². The van der Waals surface area contributed by atoms with Crippen molar-refractivity contribution in [2.24, 2.45) is 0 Å². The first-order valence-corrected chi connectivity index (χ1v) is 6.80. The van der Waals surface area contributed by atoms with Crippen molar-refractivity contribution in [3.05, 3.63) is 50.9 Å². The predicted octanol–water partition coefficient (Wildman–Crippen LogP) is 0.423. The van der Waals surface area contributed by atoms with Crippen LogP contribution in [0.2, 0.25) is 0 Å². The summed E-state index contributed by atoms with van der Waals surface area (Å²) < 4.78 is 1.85. The highest BCUT2D eigenvalue weighted by atomic mass is 79.9. The Morgan fingerprint density at radius 2 is 2.00 bits per heavy atom. The van der Waals surface area contributed by atoms with Crippen LogP contribution in [0.25, 0.3) is 5.69 Å². The molecule has 3 N–H and O–H groups in total. The number of aromatic nitrogens is 2. The van der Waals surface area contributed by atoms with E-state index in [4.69, 9.17) is 5.11 Å². The van der Waals surface area contributed by atoms with Crippen LogP contribution in [0.3, 0.4) is 0 Å². The summed E-state index contributed by atoms with van der Waals surface area (Å²) in [6.45, 7) is -0.212. The van der Waals surface area contributed by atoms with Gasteiger partial charge in [0.05, 0.1) is 12.3 Å². The molecule has 0 aliphatic heterocycles. The number of carbonyl (C=O) groups excluding carboxylic acids is 1. The van der Waals surface area contributed by atoms with Crippen LogP contribution in [0.4, 0.5) is 0 Å². The van der Waals surface area contributed by atoms with Crippen LogP contribution in [-0.2, 0) is 0 Å². The molecule has 0 bridgehead atoms. The van der Waals surface area contributed by atoms with Gasteiger partial charge in [0.25, 0.3) is 11.5 Å². The molecule has 0 aliphatic rings. The number of hydrogen-bond acceptors (Lipinski definition) is 5. The lowest BCUT2D eigenvalue weighted by Crippen LogP contribution is -2.30. The maximum Gasteiger partial charge on any atom is 0.275 e. The van der Waals surface area contributed by atoms with Crippen LogP contribution >= 0.6 is 15.9 Å². The molecule has 2 aromatic rings. The molecule has 0 fully saturated rings.